The number of benzene rings is 2. The van der Waals surface area contributed by atoms with E-state index in [9.17, 15) is 10.2 Å². The zero-order valence-electron chi connectivity index (χ0n) is 14.2. The van der Waals surface area contributed by atoms with Crippen LogP contribution in [0.25, 0.3) is 0 Å². The second-order valence-electron chi connectivity index (χ2n) is 6.40. The summed E-state index contributed by atoms with van der Waals surface area (Å²) in [6.07, 6.45) is -3.38. The standard InChI is InChI=1S/C20H22O6/c21-11-15-17(25-19(23-15)13-7-3-1-4-8-13)18-16(12-22)24-20(26-18)14-9-5-2-6-10-14/h1-10,15-22H,11-12H2/t15-,16+,17-,18+,19-,20-/m0/s1. The SMILES string of the molecule is OC[C@@H]1O[C@H](c2ccccc2)O[C@@H]1[C@@H]1O[C@@H](c2ccccc2)O[C@@H]1CO. The number of rotatable bonds is 5. The molecule has 26 heavy (non-hydrogen) atoms. The van der Waals surface area contributed by atoms with Gasteiger partial charge in [-0.15, -0.1) is 0 Å². The minimum atomic E-state index is -0.586. The molecule has 138 valence electrons. The van der Waals surface area contributed by atoms with Crippen molar-refractivity contribution in [2.45, 2.75) is 37.0 Å². The molecule has 2 saturated heterocycles. The predicted octanol–water partition coefficient (Wildman–Crippen LogP) is 1.94. The van der Waals surface area contributed by atoms with Crippen LogP contribution in [0.15, 0.2) is 60.7 Å². The summed E-state index contributed by atoms with van der Waals surface area (Å²) in [5.41, 5.74) is 1.74. The summed E-state index contributed by atoms with van der Waals surface area (Å²) >= 11 is 0. The highest BCUT2D eigenvalue weighted by molar-refractivity contribution is 5.18. The maximum Gasteiger partial charge on any atom is 0.184 e. The second-order valence-corrected chi connectivity index (χ2v) is 6.40. The average Bonchev–Trinajstić information content (AvgIpc) is 3.33. The molecule has 6 atom stereocenters. The third-order valence-corrected chi connectivity index (χ3v) is 4.72. The van der Waals surface area contributed by atoms with Crippen LogP contribution in [0, 0.1) is 0 Å². The number of hydrogen-bond donors (Lipinski definition) is 2. The lowest BCUT2D eigenvalue weighted by molar-refractivity contribution is -0.107. The smallest absolute Gasteiger partial charge is 0.184 e. The highest BCUT2D eigenvalue weighted by atomic mass is 16.8. The molecular weight excluding hydrogens is 336 g/mol. The van der Waals surface area contributed by atoms with Gasteiger partial charge in [0.1, 0.15) is 24.4 Å². The van der Waals surface area contributed by atoms with Gasteiger partial charge in [-0.1, -0.05) is 60.7 Å². The molecule has 4 rings (SSSR count). The van der Waals surface area contributed by atoms with Gasteiger partial charge in [0.15, 0.2) is 12.6 Å². The predicted molar refractivity (Wildman–Crippen MR) is 92.0 cm³/mol. The molecule has 2 aromatic carbocycles. The fourth-order valence-electron chi connectivity index (χ4n) is 3.40. The summed E-state index contributed by atoms with van der Waals surface area (Å²) in [7, 11) is 0. The Bertz CT molecular complexity index is 632. The van der Waals surface area contributed by atoms with Gasteiger partial charge in [0, 0.05) is 11.1 Å². The molecule has 2 aliphatic heterocycles. The van der Waals surface area contributed by atoms with Gasteiger partial charge in [0.25, 0.3) is 0 Å². The molecule has 0 aromatic heterocycles. The largest absolute Gasteiger partial charge is 0.394 e. The van der Waals surface area contributed by atoms with Crippen LogP contribution in [0.5, 0.6) is 0 Å². The zero-order chi connectivity index (χ0) is 17.9. The second kappa shape index (κ2) is 7.84. The quantitative estimate of drug-likeness (QED) is 0.851. The minimum absolute atomic E-state index is 0.206. The molecule has 6 nitrogen and oxygen atoms in total. The number of aliphatic hydroxyl groups excluding tert-OH is 2. The monoisotopic (exact) mass is 358 g/mol. The molecule has 0 amide bonds. The molecule has 6 heteroatoms. The van der Waals surface area contributed by atoms with E-state index in [-0.39, 0.29) is 13.2 Å². The van der Waals surface area contributed by atoms with Crippen LogP contribution in [-0.2, 0) is 18.9 Å². The molecule has 2 aliphatic rings. The summed E-state index contributed by atoms with van der Waals surface area (Å²) in [5, 5.41) is 19.5. The first-order chi connectivity index (χ1) is 12.8. The van der Waals surface area contributed by atoms with Gasteiger partial charge >= 0.3 is 0 Å². The molecular formula is C20H22O6. The zero-order valence-corrected chi connectivity index (χ0v) is 14.2. The molecule has 0 bridgehead atoms. The van der Waals surface area contributed by atoms with Crippen LogP contribution in [-0.4, -0.2) is 47.8 Å². The maximum absolute atomic E-state index is 9.74. The van der Waals surface area contributed by atoms with Crippen LogP contribution in [0.1, 0.15) is 23.7 Å². The Kier molecular flexibility index (Phi) is 5.31. The Labute approximate surface area is 151 Å². The van der Waals surface area contributed by atoms with Crippen LogP contribution in [0.4, 0.5) is 0 Å². The topological polar surface area (TPSA) is 77.4 Å². The first-order valence-corrected chi connectivity index (χ1v) is 8.73. The van der Waals surface area contributed by atoms with E-state index in [2.05, 4.69) is 0 Å². The first kappa shape index (κ1) is 17.6. The molecule has 0 aliphatic carbocycles. The van der Waals surface area contributed by atoms with Crippen molar-refractivity contribution >= 4 is 0 Å². The Morgan fingerprint density at radius 3 is 1.31 bits per heavy atom. The number of ether oxygens (including phenoxy) is 4. The maximum atomic E-state index is 9.74. The molecule has 2 heterocycles. The van der Waals surface area contributed by atoms with E-state index in [1.807, 2.05) is 60.7 Å². The molecule has 2 fully saturated rings. The van der Waals surface area contributed by atoms with Gasteiger partial charge in [0.2, 0.25) is 0 Å². The van der Waals surface area contributed by atoms with Crippen molar-refractivity contribution < 1.29 is 29.2 Å². The summed E-state index contributed by atoms with van der Waals surface area (Å²) in [4.78, 5) is 0. The highest BCUT2D eigenvalue weighted by Crippen LogP contribution is 2.40. The van der Waals surface area contributed by atoms with E-state index in [1.165, 1.54) is 0 Å². The summed E-state index contributed by atoms with van der Waals surface area (Å²) in [6.45, 7) is -0.413. The third kappa shape index (κ3) is 3.40. The van der Waals surface area contributed by atoms with Gasteiger partial charge < -0.3 is 29.2 Å². The fraction of sp³-hybridized carbons (Fsp3) is 0.400. The molecule has 2 aromatic rings. The van der Waals surface area contributed by atoms with Crippen molar-refractivity contribution in [3.05, 3.63) is 71.8 Å². The molecule has 0 radical (unpaired) electrons. The van der Waals surface area contributed by atoms with E-state index in [0.29, 0.717) is 0 Å². The third-order valence-electron chi connectivity index (χ3n) is 4.72. The molecule has 2 N–H and O–H groups in total. The van der Waals surface area contributed by atoms with Crippen molar-refractivity contribution in [2.75, 3.05) is 13.2 Å². The van der Waals surface area contributed by atoms with E-state index >= 15 is 0 Å². The minimum Gasteiger partial charge on any atom is -0.394 e. The molecule has 0 unspecified atom stereocenters. The Hall–Kier alpha value is -1.80. The summed E-state index contributed by atoms with van der Waals surface area (Å²) in [6, 6.07) is 19.1. The van der Waals surface area contributed by atoms with Gasteiger partial charge in [-0.2, -0.15) is 0 Å². The van der Waals surface area contributed by atoms with Crippen molar-refractivity contribution in [2.24, 2.45) is 0 Å². The van der Waals surface area contributed by atoms with E-state index in [0.717, 1.165) is 11.1 Å². The van der Waals surface area contributed by atoms with Crippen molar-refractivity contribution in [1.82, 2.24) is 0 Å². The highest BCUT2D eigenvalue weighted by Gasteiger charge is 2.49. The van der Waals surface area contributed by atoms with Gasteiger partial charge in [-0.3, -0.25) is 0 Å². The number of hydrogen-bond acceptors (Lipinski definition) is 6. The van der Waals surface area contributed by atoms with Gasteiger partial charge in [-0.05, 0) is 0 Å². The average molecular weight is 358 g/mol. The van der Waals surface area contributed by atoms with E-state index in [4.69, 9.17) is 18.9 Å². The Balaban J connectivity index is 1.53. The molecule has 0 spiro atoms. The normalized spacial score (nSPS) is 34.2. The Morgan fingerprint density at radius 1 is 0.577 bits per heavy atom. The first-order valence-electron chi connectivity index (χ1n) is 8.73. The lowest BCUT2D eigenvalue weighted by Crippen LogP contribution is -2.44. The van der Waals surface area contributed by atoms with Crippen molar-refractivity contribution in [1.29, 1.82) is 0 Å². The van der Waals surface area contributed by atoms with Gasteiger partial charge in [0.05, 0.1) is 13.2 Å². The van der Waals surface area contributed by atoms with Crippen LogP contribution in [0.3, 0.4) is 0 Å². The van der Waals surface area contributed by atoms with Gasteiger partial charge in [-0.25, -0.2) is 0 Å². The Morgan fingerprint density at radius 2 is 0.962 bits per heavy atom. The van der Waals surface area contributed by atoms with E-state index in [1.54, 1.807) is 0 Å². The lowest BCUT2D eigenvalue weighted by atomic mass is 10.0. The van der Waals surface area contributed by atoms with Crippen LogP contribution < -0.4 is 0 Å². The fourth-order valence-corrected chi connectivity index (χ4v) is 3.40. The lowest BCUT2D eigenvalue weighted by Gasteiger charge is -2.23. The summed E-state index contributed by atoms with van der Waals surface area (Å²) < 4.78 is 23.8. The van der Waals surface area contributed by atoms with Crippen molar-refractivity contribution in [3.8, 4) is 0 Å². The van der Waals surface area contributed by atoms with E-state index < -0.39 is 37.0 Å². The number of aliphatic hydroxyl groups is 2. The van der Waals surface area contributed by atoms with Crippen LogP contribution >= 0.6 is 0 Å². The molecule has 0 saturated carbocycles. The summed E-state index contributed by atoms with van der Waals surface area (Å²) in [5.74, 6) is 0. The van der Waals surface area contributed by atoms with Crippen molar-refractivity contribution in [3.63, 3.8) is 0 Å². The van der Waals surface area contributed by atoms with Crippen LogP contribution in [0.2, 0.25) is 0 Å².